The first-order chi connectivity index (χ1) is 12.2. The Labute approximate surface area is 148 Å². The molecule has 5 heteroatoms. The molecule has 2 amide bonds. The van der Waals surface area contributed by atoms with E-state index in [9.17, 15) is 4.79 Å². The Bertz CT molecular complexity index is 690. The minimum absolute atomic E-state index is 0.0875. The van der Waals surface area contributed by atoms with Crippen LogP contribution in [0.15, 0.2) is 54.6 Å². The van der Waals surface area contributed by atoms with Crippen LogP contribution in [0.4, 0.5) is 4.79 Å². The summed E-state index contributed by atoms with van der Waals surface area (Å²) in [6.45, 7) is 2.24. The average molecular weight is 340 g/mol. The highest BCUT2D eigenvalue weighted by atomic mass is 16.5. The number of hydrogen-bond acceptors (Lipinski definition) is 3. The fourth-order valence-corrected chi connectivity index (χ4v) is 2.81. The molecule has 132 valence electrons. The predicted molar refractivity (Wildman–Crippen MR) is 97.1 cm³/mol. The summed E-state index contributed by atoms with van der Waals surface area (Å²) in [6, 6.07) is 17.6. The Hall–Kier alpha value is -2.69. The molecule has 0 fully saturated rings. The Morgan fingerprint density at radius 2 is 1.96 bits per heavy atom. The van der Waals surface area contributed by atoms with E-state index < -0.39 is 0 Å². The molecule has 5 nitrogen and oxygen atoms in total. The van der Waals surface area contributed by atoms with Crippen molar-refractivity contribution in [2.24, 2.45) is 5.92 Å². The van der Waals surface area contributed by atoms with Crippen molar-refractivity contribution < 1.29 is 14.3 Å². The minimum Gasteiger partial charge on any atom is -0.493 e. The number of fused-ring (bicyclic) bond motifs is 1. The SMILES string of the molecule is CN(CCOc1ccccc1)C(=O)NCC1COc2ccccc2C1. The number of benzene rings is 2. The first-order valence-corrected chi connectivity index (χ1v) is 8.60. The van der Waals surface area contributed by atoms with Crippen molar-refractivity contribution in [2.75, 3.05) is 33.4 Å². The number of urea groups is 1. The van der Waals surface area contributed by atoms with Gasteiger partial charge in [0, 0.05) is 19.5 Å². The molecular formula is C20H24N2O3. The van der Waals surface area contributed by atoms with Crippen molar-refractivity contribution in [2.45, 2.75) is 6.42 Å². The maximum absolute atomic E-state index is 12.2. The molecule has 1 aliphatic heterocycles. The molecule has 0 bridgehead atoms. The molecular weight excluding hydrogens is 316 g/mol. The zero-order valence-electron chi connectivity index (χ0n) is 14.5. The molecule has 2 aromatic carbocycles. The summed E-state index contributed by atoms with van der Waals surface area (Å²) in [5, 5.41) is 2.98. The molecule has 1 N–H and O–H groups in total. The normalized spacial score (nSPS) is 15.6. The number of carbonyl (C=O) groups is 1. The van der Waals surface area contributed by atoms with Crippen LogP contribution in [0, 0.1) is 5.92 Å². The molecule has 3 rings (SSSR count). The van der Waals surface area contributed by atoms with Crippen LogP contribution in [-0.4, -0.2) is 44.3 Å². The average Bonchev–Trinajstić information content (AvgIpc) is 2.66. The molecule has 0 saturated heterocycles. The standard InChI is InChI=1S/C20H24N2O3/c1-22(11-12-24-18-8-3-2-4-9-18)20(23)21-14-16-13-17-7-5-6-10-19(17)25-15-16/h2-10,16H,11-15H2,1H3,(H,21,23). The second kappa shape index (κ2) is 8.42. The van der Waals surface area contributed by atoms with E-state index in [0.29, 0.717) is 32.2 Å². The van der Waals surface area contributed by atoms with E-state index in [-0.39, 0.29) is 6.03 Å². The van der Waals surface area contributed by atoms with Gasteiger partial charge in [0.2, 0.25) is 0 Å². The van der Waals surface area contributed by atoms with Crippen molar-refractivity contribution in [1.29, 1.82) is 0 Å². The van der Waals surface area contributed by atoms with E-state index in [4.69, 9.17) is 9.47 Å². The molecule has 0 aliphatic carbocycles. The van der Waals surface area contributed by atoms with Gasteiger partial charge in [0.25, 0.3) is 0 Å². The number of nitrogens with one attached hydrogen (secondary N) is 1. The lowest BCUT2D eigenvalue weighted by atomic mass is 9.97. The Morgan fingerprint density at radius 3 is 2.80 bits per heavy atom. The third-order valence-electron chi connectivity index (χ3n) is 4.28. The van der Waals surface area contributed by atoms with Crippen LogP contribution in [0.25, 0.3) is 0 Å². The summed E-state index contributed by atoms with van der Waals surface area (Å²) >= 11 is 0. The topological polar surface area (TPSA) is 50.8 Å². The van der Waals surface area contributed by atoms with Crippen LogP contribution in [-0.2, 0) is 6.42 Å². The van der Waals surface area contributed by atoms with Gasteiger partial charge in [0.1, 0.15) is 18.1 Å². The van der Waals surface area contributed by atoms with Crippen LogP contribution in [0.5, 0.6) is 11.5 Å². The van der Waals surface area contributed by atoms with Crippen LogP contribution in [0.3, 0.4) is 0 Å². The van der Waals surface area contributed by atoms with Crippen LogP contribution >= 0.6 is 0 Å². The molecule has 1 aliphatic rings. The zero-order valence-corrected chi connectivity index (χ0v) is 14.5. The summed E-state index contributed by atoms with van der Waals surface area (Å²) in [7, 11) is 1.77. The molecule has 0 aromatic heterocycles. The second-order valence-electron chi connectivity index (χ2n) is 6.26. The van der Waals surface area contributed by atoms with E-state index in [0.717, 1.165) is 17.9 Å². The molecule has 0 radical (unpaired) electrons. The fraction of sp³-hybridized carbons (Fsp3) is 0.350. The first kappa shape index (κ1) is 17.1. The highest BCUT2D eigenvalue weighted by Crippen LogP contribution is 2.26. The van der Waals surface area contributed by atoms with Crippen molar-refractivity contribution in [3.05, 3.63) is 60.2 Å². The van der Waals surface area contributed by atoms with Gasteiger partial charge in [0.15, 0.2) is 0 Å². The predicted octanol–water partition coefficient (Wildman–Crippen LogP) is 2.96. The lowest BCUT2D eigenvalue weighted by Crippen LogP contribution is -2.43. The summed E-state index contributed by atoms with van der Waals surface area (Å²) in [6.07, 6.45) is 0.928. The Morgan fingerprint density at radius 1 is 1.20 bits per heavy atom. The van der Waals surface area contributed by atoms with E-state index >= 15 is 0 Å². The van der Waals surface area contributed by atoms with Gasteiger partial charge in [-0.3, -0.25) is 0 Å². The molecule has 1 atom stereocenters. The number of ether oxygens (including phenoxy) is 2. The van der Waals surface area contributed by atoms with Gasteiger partial charge >= 0.3 is 6.03 Å². The summed E-state index contributed by atoms with van der Waals surface area (Å²) in [5.41, 5.74) is 1.21. The number of nitrogens with zero attached hydrogens (tertiary/aromatic N) is 1. The van der Waals surface area contributed by atoms with Gasteiger partial charge in [-0.15, -0.1) is 0 Å². The number of para-hydroxylation sites is 2. The van der Waals surface area contributed by atoms with Crippen molar-refractivity contribution in [3.63, 3.8) is 0 Å². The minimum atomic E-state index is -0.0875. The highest BCUT2D eigenvalue weighted by molar-refractivity contribution is 5.73. The molecule has 1 heterocycles. The van der Waals surface area contributed by atoms with Crippen molar-refractivity contribution >= 4 is 6.03 Å². The third kappa shape index (κ3) is 4.89. The molecule has 0 spiro atoms. The van der Waals surface area contributed by atoms with Crippen LogP contribution < -0.4 is 14.8 Å². The number of hydrogen-bond donors (Lipinski definition) is 1. The lowest BCUT2D eigenvalue weighted by molar-refractivity contribution is 0.185. The first-order valence-electron chi connectivity index (χ1n) is 8.60. The number of rotatable bonds is 6. The fourth-order valence-electron chi connectivity index (χ4n) is 2.81. The van der Waals surface area contributed by atoms with Gasteiger partial charge in [0.05, 0.1) is 13.2 Å². The highest BCUT2D eigenvalue weighted by Gasteiger charge is 2.20. The maximum atomic E-state index is 12.2. The second-order valence-corrected chi connectivity index (χ2v) is 6.26. The number of amides is 2. The summed E-state index contributed by atoms with van der Waals surface area (Å²) < 4.78 is 11.4. The van der Waals surface area contributed by atoms with Gasteiger partial charge in [-0.05, 0) is 30.2 Å². The number of carbonyl (C=O) groups excluding carboxylic acids is 1. The third-order valence-corrected chi connectivity index (χ3v) is 4.28. The van der Waals surface area contributed by atoms with E-state index in [1.165, 1.54) is 5.56 Å². The van der Waals surface area contributed by atoms with E-state index in [1.54, 1.807) is 11.9 Å². The lowest BCUT2D eigenvalue weighted by Gasteiger charge is -2.26. The van der Waals surface area contributed by atoms with Gasteiger partial charge < -0.3 is 19.7 Å². The number of likely N-dealkylation sites (N-methyl/N-ethyl adjacent to an activating group) is 1. The summed E-state index contributed by atoms with van der Waals surface area (Å²) in [5.74, 6) is 2.07. The molecule has 0 saturated carbocycles. The van der Waals surface area contributed by atoms with E-state index in [1.807, 2.05) is 48.5 Å². The van der Waals surface area contributed by atoms with Crippen LogP contribution in [0.2, 0.25) is 0 Å². The van der Waals surface area contributed by atoms with Gasteiger partial charge in [-0.2, -0.15) is 0 Å². The largest absolute Gasteiger partial charge is 0.493 e. The Kier molecular flexibility index (Phi) is 5.77. The van der Waals surface area contributed by atoms with Crippen molar-refractivity contribution in [1.82, 2.24) is 10.2 Å². The van der Waals surface area contributed by atoms with Gasteiger partial charge in [-0.25, -0.2) is 4.79 Å². The van der Waals surface area contributed by atoms with Crippen LogP contribution in [0.1, 0.15) is 5.56 Å². The molecule has 25 heavy (non-hydrogen) atoms. The van der Waals surface area contributed by atoms with Crippen molar-refractivity contribution in [3.8, 4) is 11.5 Å². The molecule has 2 aromatic rings. The Balaban J connectivity index is 1.37. The maximum Gasteiger partial charge on any atom is 0.317 e. The quantitative estimate of drug-likeness (QED) is 0.880. The smallest absolute Gasteiger partial charge is 0.317 e. The summed E-state index contributed by atoms with van der Waals surface area (Å²) in [4.78, 5) is 13.8. The molecule has 1 unspecified atom stereocenters. The zero-order chi connectivity index (χ0) is 17.5. The monoisotopic (exact) mass is 340 g/mol. The van der Waals surface area contributed by atoms with E-state index in [2.05, 4.69) is 11.4 Å². The van der Waals surface area contributed by atoms with Gasteiger partial charge in [-0.1, -0.05) is 36.4 Å².